The average Bonchev–Trinajstić information content (AvgIpc) is 2.58. The Morgan fingerprint density at radius 1 is 1.16 bits per heavy atom. The van der Waals surface area contributed by atoms with Crippen LogP contribution in [0.2, 0.25) is 5.02 Å². The summed E-state index contributed by atoms with van der Waals surface area (Å²) in [5.41, 5.74) is 1.30. The van der Waals surface area contributed by atoms with Gasteiger partial charge in [0.15, 0.2) is 0 Å². The number of nitrogens with one attached hydrogen (secondary N) is 1. The van der Waals surface area contributed by atoms with E-state index in [0.29, 0.717) is 10.6 Å². The summed E-state index contributed by atoms with van der Waals surface area (Å²) in [6, 6.07) is 10.9. The minimum absolute atomic E-state index is 0.0267. The van der Waals surface area contributed by atoms with Crippen LogP contribution >= 0.6 is 11.6 Å². The number of benzene rings is 2. The Balaban J connectivity index is 2.12. The molecule has 0 fully saturated rings. The molecule has 2 N–H and O–H groups in total. The van der Waals surface area contributed by atoms with E-state index in [-0.39, 0.29) is 10.6 Å². The van der Waals surface area contributed by atoms with Crippen molar-refractivity contribution in [1.29, 1.82) is 0 Å². The van der Waals surface area contributed by atoms with Gasteiger partial charge in [-0.1, -0.05) is 11.6 Å². The Hall–Kier alpha value is -2.25. The highest BCUT2D eigenvalue weighted by atomic mass is 35.5. The maximum atomic E-state index is 12.1. The van der Waals surface area contributed by atoms with Gasteiger partial charge in [-0.15, -0.1) is 0 Å². The molecule has 8 heteroatoms. The Kier molecular flexibility index (Phi) is 6.27. The number of phenolic OH excluding ortho intramolecular Hbond substituents is 1. The number of hydrazone groups is 1. The molecule has 0 aliphatic rings. The van der Waals surface area contributed by atoms with E-state index in [1.54, 1.807) is 12.1 Å². The number of halogens is 1. The lowest BCUT2D eigenvalue weighted by Crippen LogP contribution is -2.21. The molecule has 0 unspecified atom stereocenters. The first-order chi connectivity index (χ1) is 11.9. The lowest BCUT2D eigenvalue weighted by Gasteiger charge is -2.21. The molecule has 0 aliphatic heterocycles. The molecule has 25 heavy (non-hydrogen) atoms. The van der Waals surface area contributed by atoms with Crippen molar-refractivity contribution in [3.8, 4) is 5.75 Å². The Morgan fingerprint density at radius 3 is 2.36 bits per heavy atom. The molecule has 0 amide bonds. The van der Waals surface area contributed by atoms with Crippen molar-refractivity contribution in [3.05, 3.63) is 53.1 Å². The summed E-state index contributed by atoms with van der Waals surface area (Å²) in [5, 5.41) is 14.3. The van der Waals surface area contributed by atoms with Crippen molar-refractivity contribution in [2.24, 2.45) is 5.10 Å². The molecule has 0 radical (unpaired) electrons. The SMILES string of the molecule is CCN(CC)c1ccc(C=NNS(=O)(=O)c2ccc(Cl)cc2)c(O)c1. The average molecular weight is 382 g/mol. The fraction of sp³-hybridized carbons (Fsp3) is 0.235. The molecule has 2 rings (SSSR count). The van der Waals surface area contributed by atoms with Gasteiger partial charge in [-0.05, 0) is 50.2 Å². The summed E-state index contributed by atoms with van der Waals surface area (Å²) in [5.74, 6) is 0.0267. The van der Waals surface area contributed by atoms with Gasteiger partial charge < -0.3 is 10.0 Å². The second-order valence-corrected chi connectivity index (χ2v) is 7.32. The van der Waals surface area contributed by atoms with E-state index in [4.69, 9.17) is 11.6 Å². The van der Waals surface area contributed by atoms with Gasteiger partial charge in [-0.2, -0.15) is 13.5 Å². The van der Waals surface area contributed by atoms with Gasteiger partial charge in [0.05, 0.1) is 11.1 Å². The molecular weight excluding hydrogens is 362 g/mol. The van der Waals surface area contributed by atoms with Crippen LogP contribution in [-0.2, 0) is 10.0 Å². The predicted octanol–water partition coefficient (Wildman–Crippen LogP) is 3.20. The van der Waals surface area contributed by atoms with E-state index in [1.165, 1.54) is 30.5 Å². The smallest absolute Gasteiger partial charge is 0.276 e. The zero-order valence-electron chi connectivity index (χ0n) is 14.0. The van der Waals surface area contributed by atoms with Crippen LogP contribution in [0.25, 0.3) is 0 Å². The summed E-state index contributed by atoms with van der Waals surface area (Å²) in [4.78, 5) is 4.25. The van der Waals surface area contributed by atoms with E-state index in [1.807, 2.05) is 19.9 Å². The van der Waals surface area contributed by atoms with Gasteiger partial charge in [0.1, 0.15) is 5.75 Å². The van der Waals surface area contributed by atoms with E-state index >= 15 is 0 Å². The number of aromatic hydroxyl groups is 1. The van der Waals surface area contributed by atoms with E-state index in [2.05, 4.69) is 14.8 Å². The van der Waals surface area contributed by atoms with Crippen molar-refractivity contribution in [3.63, 3.8) is 0 Å². The van der Waals surface area contributed by atoms with Crippen LogP contribution in [0.4, 0.5) is 5.69 Å². The minimum atomic E-state index is -3.79. The molecule has 2 aromatic rings. The third-order valence-corrected chi connectivity index (χ3v) is 5.13. The lowest BCUT2D eigenvalue weighted by molar-refractivity contribution is 0.474. The maximum absolute atomic E-state index is 12.1. The van der Waals surface area contributed by atoms with E-state index in [0.717, 1.165) is 18.8 Å². The minimum Gasteiger partial charge on any atom is -0.507 e. The normalized spacial score (nSPS) is 11.6. The molecule has 0 bridgehead atoms. The van der Waals surface area contributed by atoms with Gasteiger partial charge in [-0.3, -0.25) is 0 Å². The molecule has 0 atom stereocenters. The number of sulfonamides is 1. The van der Waals surface area contributed by atoms with Gasteiger partial charge in [0, 0.05) is 35.4 Å². The van der Waals surface area contributed by atoms with Crippen LogP contribution in [0, 0.1) is 0 Å². The highest BCUT2D eigenvalue weighted by Crippen LogP contribution is 2.23. The highest BCUT2D eigenvalue weighted by Gasteiger charge is 2.12. The monoisotopic (exact) mass is 381 g/mol. The van der Waals surface area contributed by atoms with Crippen molar-refractivity contribution in [2.75, 3.05) is 18.0 Å². The topological polar surface area (TPSA) is 82.0 Å². The summed E-state index contributed by atoms with van der Waals surface area (Å²) in [6.45, 7) is 5.71. The number of nitrogens with zero attached hydrogens (tertiary/aromatic N) is 2. The van der Waals surface area contributed by atoms with E-state index < -0.39 is 10.0 Å². The van der Waals surface area contributed by atoms with Crippen molar-refractivity contribution in [2.45, 2.75) is 18.7 Å². The summed E-state index contributed by atoms with van der Waals surface area (Å²) >= 11 is 5.74. The fourth-order valence-corrected chi connectivity index (χ4v) is 3.18. The molecule has 2 aromatic carbocycles. The first-order valence-corrected chi connectivity index (χ1v) is 9.62. The second kappa shape index (κ2) is 8.22. The van der Waals surface area contributed by atoms with E-state index in [9.17, 15) is 13.5 Å². The van der Waals surface area contributed by atoms with Crippen LogP contribution < -0.4 is 9.73 Å². The number of rotatable bonds is 7. The van der Waals surface area contributed by atoms with Crippen LogP contribution in [0.5, 0.6) is 5.75 Å². The Bertz CT molecular complexity index is 848. The zero-order chi connectivity index (χ0) is 18.4. The van der Waals surface area contributed by atoms with Crippen molar-refractivity contribution in [1.82, 2.24) is 4.83 Å². The Morgan fingerprint density at radius 2 is 1.80 bits per heavy atom. The molecule has 0 spiro atoms. The Labute approximate surface area is 152 Å². The lowest BCUT2D eigenvalue weighted by atomic mass is 10.2. The second-order valence-electron chi connectivity index (χ2n) is 5.22. The standard InChI is InChI=1S/C17H20ClN3O3S/c1-3-21(4-2)15-8-5-13(17(22)11-15)12-19-20-25(23,24)16-9-6-14(18)7-10-16/h5-12,20,22H,3-4H2,1-2H3. The number of hydrogen-bond donors (Lipinski definition) is 2. The van der Waals surface area contributed by atoms with Crippen molar-refractivity contribution >= 4 is 33.5 Å². The quantitative estimate of drug-likeness (QED) is 0.570. The molecule has 0 saturated heterocycles. The largest absolute Gasteiger partial charge is 0.507 e. The molecule has 0 aromatic heterocycles. The van der Waals surface area contributed by atoms with Gasteiger partial charge >= 0.3 is 0 Å². The van der Waals surface area contributed by atoms with Crippen LogP contribution in [0.1, 0.15) is 19.4 Å². The summed E-state index contributed by atoms with van der Waals surface area (Å²) < 4.78 is 24.2. The van der Waals surface area contributed by atoms with Crippen LogP contribution in [-0.4, -0.2) is 32.8 Å². The van der Waals surface area contributed by atoms with Crippen molar-refractivity contribution < 1.29 is 13.5 Å². The first kappa shape index (κ1) is 19.1. The van der Waals surface area contributed by atoms with Gasteiger partial charge in [0.25, 0.3) is 10.0 Å². The third-order valence-electron chi connectivity index (χ3n) is 3.64. The zero-order valence-corrected chi connectivity index (χ0v) is 15.5. The summed E-state index contributed by atoms with van der Waals surface area (Å²) in [7, 11) is -3.79. The van der Waals surface area contributed by atoms with Gasteiger partial charge in [-0.25, -0.2) is 4.83 Å². The van der Waals surface area contributed by atoms with Gasteiger partial charge in [0.2, 0.25) is 0 Å². The third kappa shape index (κ3) is 4.87. The molecule has 134 valence electrons. The molecule has 0 aliphatic carbocycles. The summed E-state index contributed by atoms with van der Waals surface area (Å²) in [6.07, 6.45) is 1.26. The van der Waals surface area contributed by atoms with Crippen LogP contribution in [0.15, 0.2) is 52.5 Å². The number of anilines is 1. The number of phenols is 1. The number of hydrogen-bond acceptors (Lipinski definition) is 5. The molecule has 0 saturated carbocycles. The predicted molar refractivity (Wildman–Crippen MR) is 101 cm³/mol. The molecule has 0 heterocycles. The fourth-order valence-electron chi connectivity index (χ4n) is 2.26. The maximum Gasteiger partial charge on any atom is 0.276 e. The highest BCUT2D eigenvalue weighted by molar-refractivity contribution is 7.89. The first-order valence-electron chi connectivity index (χ1n) is 7.75. The molecule has 6 nitrogen and oxygen atoms in total. The van der Waals surface area contributed by atoms with Crippen LogP contribution in [0.3, 0.4) is 0 Å². The molecular formula is C17H20ClN3O3S.